The van der Waals surface area contributed by atoms with Gasteiger partial charge in [-0.05, 0) is 29.8 Å². The summed E-state index contributed by atoms with van der Waals surface area (Å²) in [5.74, 6) is 0.777. The molecule has 0 aliphatic rings. The van der Waals surface area contributed by atoms with Crippen LogP contribution in [-0.2, 0) is 17.8 Å². The average molecular weight is 281 g/mol. The molecule has 0 aliphatic heterocycles. The predicted molar refractivity (Wildman–Crippen MR) is 79.8 cm³/mol. The molecule has 0 saturated carbocycles. The molecule has 0 radical (unpaired) electrons. The van der Waals surface area contributed by atoms with Crippen LogP contribution in [0.5, 0.6) is 5.75 Å². The van der Waals surface area contributed by atoms with Crippen molar-refractivity contribution in [3.8, 4) is 5.75 Å². The lowest BCUT2D eigenvalue weighted by atomic mass is 10.1. The van der Waals surface area contributed by atoms with Gasteiger partial charge in [-0.25, -0.2) is 4.98 Å². The van der Waals surface area contributed by atoms with Crippen molar-refractivity contribution in [2.75, 3.05) is 0 Å². The topological polar surface area (TPSA) is 78.0 Å². The van der Waals surface area contributed by atoms with Gasteiger partial charge < -0.3 is 15.4 Å². The van der Waals surface area contributed by atoms with Gasteiger partial charge in [0, 0.05) is 0 Å². The van der Waals surface area contributed by atoms with E-state index in [2.05, 4.69) is 15.3 Å². The van der Waals surface area contributed by atoms with E-state index in [9.17, 15) is 9.90 Å². The lowest BCUT2D eigenvalue weighted by molar-refractivity contribution is -0.120. The zero-order chi connectivity index (χ0) is 14.7. The zero-order valence-electron chi connectivity index (χ0n) is 11.3. The van der Waals surface area contributed by atoms with E-state index >= 15 is 0 Å². The summed E-state index contributed by atoms with van der Waals surface area (Å²) >= 11 is 0. The van der Waals surface area contributed by atoms with Crippen LogP contribution in [0, 0.1) is 0 Å². The number of nitrogens with one attached hydrogen (secondary N) is 2. The maximum atomic E-state index is 11.9. The number of amides is 1. The smallest absolute Gasteiger partial charge is 0.224 e. The van der Waals surface area contributed by atoms with Gasteiger partial charge in [0.05, 0.1) is 24.0 Å². The van der Waals surface area contributed by atoms with Gasteiger partial charge in [-0.1, -0.05) is 24.3 Å². The fourth-order valence-corrected chi connectivity index (χ4v) is 2.19. The highest BCUT2D eigenvalue weighted by Gasteiger charge is 2.06. The summed E-state index contributed by atoms with van der Waals surface area (Å²) in [6.45, 7) is 0.354. The summed E-state index contributed by atoms with van der Waals surface area (Å²) in [6, 6.07) is 14.4. The van der Waals surface area contributed by atoms with Gasteiger partial charge in [0.2, 0.25) is 5.91 Å². The number of carbonyl (C=O) groups excluding carboxylic acids is 1. The highest BCUT2D eigenvalue weighted by Crippen LogP contribution is 2.12. The second-order valence-corrected chi connectivity index (χ2v) is 4.82. The Labute approximate surface area is 121 Å². The number of aromatic nitrogens is 2. The van der Waals surface area contributed by atoms with Gasteiger partial charge in [0.25, 0.3) is 0 Å². The van der Waals surface area contributed by atoms with Crippen molar-refractivity contribution in [3.63, 3.8) is 0 Å². The molecule has 5 nitrogen and oxygen atoms in total. The number of imidazole rings is 1. The van der Waals surface area contributed by atoms with Gasteiger partial charge in [0.15, 0.2) is 0 Å². The maximum Gasteiger partial charge on any atom is 0.224 e. The molecule has 1 heterocycles. The van der Waals surface area contributed by atoms with Crippen molar-refractivity contribution in [1.29, 1.82) is 0 Å². The normalized spacial score (nSPS) is 10.7. The SMILES string of the molecule is O=C(Cc1cccc(O)c1)NCc1nc2ccccc2[nH]1. The van der Waals surface area contributed by atoms with Crippen molar-refractivity contribution < 1.29 is 9.90 Å². The summed E-state index contributed by atoms with van der Waals surface area (Å²) in [7, 11) is 0. The summed E-state index contributed by atoms with van der Waals surface area (Å²) in [5, 5.41) is 12.2. The molecule has 0 aliphatic carbocycles. The van der Waals surface area contributed by atoms with E-state index in [0.717, 1.165) is 22.4 Å². The number of phenols is 1. The Morgan fingerprint density at radius 3 is 2.86 bits per heavy atom. The second kappa shape index (κ2) is 5.66. The molecule has 106 valence electrons. The number of hydrogen-bond donors (Lipinski definition) is 3. The van der Waals surface area contributed by atoms with E-state index in [-0.39, 0.29) is 18.1 Å². The van der Waals surface area contributed by atoms with Crippen LogP contribution < -0.4 is 5.32 Å². The molecular weight excluding hydrogens is 266 g/mol. The van der Waals surface area contributed by atoms with Gasteiger partial charge in [0.1, 0.15) is 11.6 Å². The summed E-state index contributed by atoms with van der Waals surface area (Å²) in [6.07, 6.45) is 0.231. The molecule has 0 bridgehead atoms. The van der Waals surface area contributed by atoms with E-state index in [0.29, 0.717) is 6.54 Å². The molecule has 21 heavy (non-hydrogen) atoms. The third-order valence-corrected chi connectivity index (χ3v) is 3.17. The lowest BCUT2D eigenvalue weighted by Gasteiger charge is -2.04. The minimum Gasteiger partial charge on any atom is -0.508 e. The highest BCUT2D eigenvalue weighted by atomic mass is 16.3. The number of hydrogen-bond acceptors (Lipinski definition) is 3. The van der Waals surface area contributed by atoms with Crippen LogP contribution in [0.25, 0.3) is 11.0 Å². The standard InChI is InChI=1S/C16H15N3O2/c20-12-5-3-4-11(8-12)9-16(21)17-10-15-18-13-6-1-2-7-14(13)19-15/h1-8,20H,9-10H2,(H,17,21)(H,18,19). The minimum absolute atomic E-state index is 0.110. The highest BCUT2D eigenvalue weighted by molar-refractivity contribution is 5.79. The number of phenolic OH excluding ortho intramolecular Hbond substituents is 1. The summed E-state index contributed by atoms with van der Waals surface area (Å²) in [5.41, 5.74) is 2.61. The Hall–Kier alpha value is -2.82. The minimum atomic E-state index is -0.110. The van der Waals surface area contributed by atoms with E-state index < -0.39 is 0 Å². The van der Waals surface area contributed by atoms with Gasteiger partial charge in [-0.3, -0.25) is 4.79 Å². The Bertz CT molecular complexity index is 747. The fraction of sp³-hybridized carbons (Fsp3) is 0.125. The molecule has 0 saturated heterocycles. The lowest BCUT2D eigenvalue weighted by Crippen LogP contribution is -2.25. The van der Waals surface area contributed by atoms with Gasteiger partial charge >= 0.3 is 0 Å². The number of carbonyl (C=O) groups is 1. The van der Waals surface area contributed by atoms with Crippen LogP contribution in [0.4, 0.5) is 0 Å². The molecule has 0 atom stereocenters. The fourth-order valence-electron chi connectivity index (χ4n) is 2.19. The molecule has 0 unspecified atom stereocenters. The molecule has 3 N–H and O–H groups in total. The van der Waals surface area contributed by atoms with Crippen LogP contribution in [0.15, 0.2) is 48.5 Å². The number of para-hydroxylation sites is 2. The summed E-state index contributed by atoms with van der Waals surface area (Å²) < 4.78 is 0. The predicted octanol–water partition coefficient (Wildman–Crippen LogP) is 2.13. The van der Waals surface area contributed by atoms with Crippen LogP contribution in [0.1, 0.15) is 11.4 Å². The molecule has 1 aromatic heterocycles. The molecule has 0 spiro atoms. The molecule has 2 aromatic carbocycles. The summed E-state index contributed by atoms with van der Waals surface area (Å²) in [4.78, 5) is 19.4. The van der Waals surface area contributed by atoms with Crippen LogP contribution in [0.3, 0.4) is 0 Å². The van der Waals surface area contributed by atoms with Crippen LogP contribution in [-0.4, -0.2) is 21.0 Å². The Morgan fingerprint density at radius 2 is 2.05 bits per heavy atom. The molecule has 1 amide bonds. The number of nitrogens with zero attached hydrogens (tertiary/aromatic N) is 1. The van der Waals surface area contributed by atoms with Crippen molar-refractivity contribution in [2.24, 2.45) is 0 Å². The number of H-pyrrole nitrogens is 1. The number of rotatable bonds is 4. The zero-order valence-corrected chi connectivity index (χ0v) is 11.3. The third-order valence-electron chi connectivity index (χ3n) is 3.17. The quantitative estimate of drug-likeness (QED) is 0.685. The number of benzene rings is 2. The van der Waals surface area contributed by atoms with E-state index in [1.54, 1.807) is 24.3 Å². The number of aromatic amines is 1. The molecule has 3 rings (SSSR count). The Morgan fingerprint density at radius 1 is 1.19 bits per heavy atom. The maximum absolute atomic E-state index is 11.9. The first-order valence-corrected chi connectivity index (χ1v) is 6.69. The van der Waals surface area contributed by atoms with Gasteiger partial charge in [-0.2, -0.15) is 0 Å². The second-order valence-electron chi connectivity index (χ2n) is 4.82. The molecule has 0 fully saturated rings. The van der Waals surface area contributed by atoms with Crippen LogP contribution >= 0.6 is 0 Å². The number of aromatic hydroxyl groups is 1. The molecule has 5 heteroatoms. The first-order valence-electron chi connectivity index (χ1n) is 6.69. The van der Waals surface area contributed by atoms with Crippen molar-refractivity contribution >= 4 is 16.9 Å². The van der Waals surface area contributed by atoms with Crippen molar-refractivity contribution in [2.45, 2.75) is 13.0 Å². The van der Waals surface area contributed by atoms with E-state index in [1.165, 1.54) is 0 Å². The van der Waals surface area contributed by atoms with E-state index in [4.69, 9.17) is 0 Å². The number of fused-ring (bicyclic) bond motifs is 1. The Kier molecular flexibility index (Phi) is 3.55. The van der Waals surface area contributed by atoms with E-state index in [1.807, 2.05) is 24.3 Å². The van der Waals surface area contributed by atoms with Gasteiger partial charge in [-0.15, -0.1) is 0 Å². The molecule has 3 aromatic rings. The van der Waals surface area contributed by atoms with Crippen LogP contribution in [0.2, 0.25) is 0 Å². The monoisotopic (exact) mass is 281 g/mol. The third kappa shape index (κ3) is 3.20. The van der Waals surface area contributed by atoms with Crippen molar-refractivity contribution in [1.82, 2.24) is 15.3 Å². The Balaban J connectivity index is 1.60. The first kappa shape index (κ1) is 13.2. The average Bonchev–Trinajstić information content (AvgIpc) is 2.88. The first-order chi connectivity index (χ1) is 10.2. The van der Waals surface area contributed by atoms with Crippen molar-refractivity contribution in [3.05, 3.63) is 59.9 Å². The molecular formula is C16H15N3O2. The largest absolute Gasteiger partial charge is 0.508 e.